The fourth-order valence-corrected chi connectivity index (χ4v) is 2.82. The van der Waals surface area contributed by atoms with Crippen LogP contribution in [-0.4, -0.2) is 4.57 Å². The molecule has 0 saturated heterocycles. The van der Waals surface area contributed by atoms with E-state index >= 15 is 0 Å². The summed E-state index contributed by atoms with van der Waals surface area (Å²) in [5.41, 5.74) is 5.37. The van der Waals surface area contributed by atoms with Crippen molar-refractivity contribution in [1.82, 2.24) is 4.57 Å². The van der Waals surface area contributed by atoms with Gasteiger partial charge in [0.15, 0.2) is 0 Å². The van der Waals surface area contributed by atoms with Gasteiger partial charge in [-0.05, 0) is 44.5 Å². The van der Waals surface area contributed by atoms with Crippen molar-refractivity contribution >= 4 is 12.2 Å². The van der Waals surface area contributed by atoms with Crippen LogP contribution in [0.5, 0.6) is 0 Å². The van der Waals surface area contributed by atoms with Crippen molar-refractivity contribution in [2.45, 2.75) is 40.7 Å². The molecule has 2 aromatic rings. The first-order valence-corrected chi connectivity index (χ1v) is 7.76. The molecule has 0 N–H and O–H groups in total. The Morgan fingerprint density at radius 2 is 1.59 bits per heavy atom. The first-order valence-electron chi connectivity index (χ1n) is 7.76. The van der Waals surface area contributed by atoms with E-state index in [1.807, 2.05) is 38.1 Å². The molecule has 0 unspecified atom stereocenters. The molecule has 1 aromatic heterocycles. The topological polar surface area (TPSA) is 4.93 Å². The summed E-state index contributed by atoms with van der Waals surface area (Å²) in [6.45, 7) is 18.2. The SMILES string of the molecule is C=Cc1c(-c2ccc(F)cc2)c(C)n(C(C)C)c1C=C.CC. The summed E-state index contributed by atoms with van der Waals surface area (Å²) in [4.78, 5) is 0. The molecule has 1 nitrogen and oxygen atoms in total. The Bertz CT molecular complexity index is 645. The van der Waals surface area contributed by atoms with Crippen LogP contribution in [0.15, 0.2) is 37.4 Å². The molecule has 0 bridgehead atoms. The second-order valence-corrected chi connectivity index (χ2v) is 5.14. The summed E-state index contributed by atoms with van der Waals surface area (Å²) in [6.07, 6.45) is 3.71. The first kappa shape index (κ1) is 18.0. The highest BCUT2D eigenvalue weighted by molar-refractivity contribution is 5.82. The highest BCUT2D eigenvalue weighted by Crippen LogP contribution is 2.36. The lowest BCUT2D eigenvalue weighted by Gasteiger charge is -2.14. The Hall–Kier alpha value is -2.09. The quantitative estimate of drug-likeness (QED) is 0.607. The normalized spacial score (nSPS) is 10.1. The lowest BCUT2D eigenvalue weighted by molar-refractivity contribution is 0.585. The minimum Gasteiger partial charge on any atom is -0.342 e. The third-order valence-corrected chi connectivity index (χ3v) is 3.57. The van der Waals surface area contributed by atoms with Crippen molar-refractivity contribution in [1.29, 1.82) is 0 Å². The van der Waals surface area contributed by atoms with Gasteiger partial charge in [-0.15, -0.1) is 0 Å². The van der Waals surface area contributed by atoms with Crippen molar-refractivity contribution in [2.24, 2.45) is 0 Å². The van der Waals surface area contributed by atoms with Crippen LogP contribution in [0.2, 0.25) is 0 Å². The predicted molar refractivity (Wildman–Crippen MR) is 96.5 cm³/mol. The van der Waals surface area contributed by atoms with Gasteiger partial charge in [-0.1, -0.05) is 45.2 Å². The molecule has 1 heterocycles. The monoisotopic (exact) mass is 299 g/mol. The van der Waals surface area contributed by atoms with Gasteiger partial charge in [-0.25, -0.2) is 4.39 Å². The molecular weight excluding hydrogens is 273 g/mol. The van der Waals surface area contributed by atoms with Crippen LogP contribution in [0.3, 0.4) is 0 Å². The fourth-order valence-electron chi connectivity index (χ4n) is 2.82. The van der Waals surface area contributed by atoms with Crippen LogP contribution < -0.4 is 0 Å². The van der Waals surface area contributed by atoms with Crippen molar-refractivity contribution in [2.75, 3.05) is 0 Å². The Kier molecular flexibility index (Phi) is 6.36. The highest BCUT2D eigenvalue weighted by Gasteiger charge is 2.19. The molecule has 0 aliphatic rings. The molecule has 0 amide bonds. The lowest BCUT2D eigenvalue weighted by atomic mass is 10.0. The zero-order valence-electron chi connectivity index (χ0n) is 14.3. The van der Waals surface area contributed by atoms with Gasteiger partial charge in [0.25, 0.3) is 0 Å². The van der Waals surface area contributed by atoms with Gasteiger partial charge >= 0.3 is 0 Å². The fraction of sp³-hybridized carbons (Fsp3) is 0.300. The largest absolute Gasteiger partial charge is 0.342 e. The number of halogens is 1. The molecule has 0 radical (unpaired) electrons. The van der Waals surface area contributed by atoms with Crippen molar-refractivity contribution < 1.29 is 4.39 Å². The molecule has 1 aromatic carbocycles. The van der Waals surface area contributed by atoms with Crippen LogP contribution in [0.1, 0.15) is 50.7 Å². The second kappa shape index (κ2) is 7.79. The molecule has 0 atom stereocenters. The van der Waals surface area contributed by atoms with Crippen molar-refractivity contribution in [3.05, 3.63) is 60.2 Å². The second-order valence-electron chi connectivity index (χ2n) is 5.14. The minimum absolute atomic E-state index is 0.223. The van der Waals surface area contributed by atoms with E-state index in [0.29, 0.717) is 6.04 Å². The number of benzene rings is 1. The van der Waals surface area contributed by atoms with E-state index in [9.17, 15) is 4.39 Å². The van der Waals surface area contributed by atoms with Crippen molar-refractivity contribution in [3.8, 4) is 11.1 Å². The number of nitrogens with zero attached hydrogens (tertiary/aromatic N) is 1. The summed E-state index contributed by atoms with van der Waals surface area (Å²) in [7, 11) is 0. The molecule has 2 rings (SSSR count). The van der Waals surface area contributed by atoms with E-state index in [4.69, 9.17) is 0 Å². The Labute approximate surface area is 133 Å². The maximum Gasteiger partial charge on any atom is 0.123 e. The molecule has 0 spiro atoms. The standard InChI is InChI=1S/C18H20FN.C2H6/c1-6-16-17(7-2)20(12(3)4)13(5)18(16)14-8-10-15(19)11-9-14;1-2/h6-12H,1-2H2,3-5H3;1-2H3. The summed E-state index contributed by atoms with van der Waals surface area (Å²) >= 11 is 0. The van der Waals surface area contributed by atoms with Gasteiger partial charge in [-0.3, -0.25) is 0 Å². The molecule has 0 aliphatic heterocycles. The third-order valence-electron chi connectivity index (χ3n) is 3.57. The first-order chi connectivity index (χ1) is 10.5. The van der Waals surface area contributed by atoms with Crippen LogP contribution in [0, 0.1) is 12.7 Å². The van der Waals surface area contributed by atoms with Gasteiger partial charge in [0, 0.05) is 28.6 Å². The molecule has 118 valence electrons. The van der Waals surface area contributed by atoms with Crippen LogP contribution in [0.4, 0.5) is 4.39 Å². The van der Waals surface area contributed by atoms with Crippen LogP contribution in [0.25, 0.3) is 23.3 Å². The van der Waals surface area contributed by atoms with E-state index in [1.165, 1.54) is 12.1 Å². The van der Waals surface area contributed by atoms with E-state index < -0.39 is 0 Å². The lowest BCUT2D eigenvalue weighted by Crippen LogP contribution is -2.05. The molecular formula is C20H26FN. The minimum atomic E-state index is -0.223. The molecule has 0 fully saturated rings. The van der Waals surface area contributed by atoms with E-state index in [1.54, 1.807) is 0 Å². The van der Waals surface area contributed by atoms with Gasteiger partial charge in [0.05, 0.1) is 0 Å². The van der Waals surface area contributed by atoms with E-state index in [0.717, 1.165) is 28.1 Å². The predicted octanol–water partition coefficient (Wildman–Crippen LogP) is 6.50. The average Bonchev–Trinajstić information content (AvgIpc) is 2.82. The average molecular weight is 299 g/mol. The number of aromatic nitrogens is 1. The van der Waals surface area contributed by atoms with Gasteiger partial charge in [-0.2, -0.15) is 0 Å². The summed E-state index contributed by atoms with van der Waals surface area (Å²) < 4.78 is 15.4. The maximum absolute atomic E-state index is 13.1. The third kappa shape index (κ3) is 3.22. The zero-order valence-corrected chi connectivity index (χ0v) is 14.3. The summed E-state index contributed by atoms with van der Waals surface area (Å²) in [6, 6.07) is 6.92. The maximum atomic E-state index is 13.1. The number of hydrogen-bond donors (Lipinski definition) is 0. The number of hydrogen-bond acceptors (Lipinski definition) is 0. The smallest absolute Gasteiger partial charge is 0.123 e. The zero-order chi connectivity index (χ0) is 16.9. The van der Waals surface area contributed by atoms with Crippen molar-refractivity contribution in [3.63, 3.8) is 0 Å². The molecule has 0 aliphatic carbocycles. The summed E-state index contributed by atoms with van der Waals surface area (Å²) in [5.74, 6) is -0.223. The Morgan fingerprint density at radius 1 is 1.05 bits per heavy atom. The van der Waals surface area contributed by atoms with Crippen LogP contribution in [-0.2, 0) is 0 Å². The van der Waals surface area contributed by atoms with Gasteiger partial charge < -0.3 is 4.57 Å². The van der Waals surface area contributed by atoms with Gasteiger partial charge in [0.2, 0.25) is 0 Å². The number of rotatable bonds is 4. The van der Waals surface area contributed by atoms with Crippen LogP contribution >= 0.6 is 0 Å². The molecule has 2 heteroatoms. The molecule has 22 heavy (non-hydrogen) atoms. The molecule has 0 saturated carbocycles. The Balaban J connectivity index is 0.00000116. The van der Waals surface area contributed by atoms with E-state index in [2.05, 4.69) is 38.5 Å². The highest BCUT2D eigenvalue weighted by atomic mass is 19.1. The van der Waals surface area contributed by atoms with E-state index in [-0.39, 0.29) is 5.82 Å². The summed E-state index contributed by atoms with van der Waals surface area (Å²) in [5, 5.41) is 0. The van der Waals surface area contributed by atoms with Gasteiger partial charge in [0.1, 0.15) is 5.82 Å². The Morgan fingerprint density at radius 3 is 2.00 bits per heavy atom.